The van der Waals surface area contributed by atoms with E-state index in [9.17, 15) is 49.8 Å². The number of carbonyl (C=O) groups is 4. The van der Waals surface area contributed by atoms with Crippen LogP contribution >= 0.6 is 0 Å². The van der Waals surface area contributed by atoms with Gasteiger partial charge in [-0.05, 0) is 12.8 Å². The first-order valence-electron chi connectivity index (χ1n) is 16.7. The van der Waals surface area contributed by atoms with Gasteiger partial charge in [0.05, 0.1) is 51.3 Å². The van der Waals surface area contributed by atoms with Gasteiger partial charge >= 0.3 is 5.97 Å². The Hall–Kier alpha value is -2.48. The normalized spacial score (nSPS) is 35.6. The number of nitrogens with zero attached hydrogens (tertiary/aromatic N) is 1. The number of imide groups is 1. The van der Waals surface area contributed by atoms with Gasteiger partial charge in [0, 0.05) is 45.1 Å². The van der Waals surface area contributed by atoms with E-state index in [1.165, 1.54) is 0 Å². The molecule has 0 bridgehead atoms. The standard InChI is InChI=1S/C24H38N2O15.C6H12O4/c27-10-13-21(34)22(35)23(36)24(40-13)38-11-14-20(33)12(28)9-19(39-14)37-8-7-25-15(29)3-1-2-4-18(32)41-26-16(30)5-6-17(26)31;7-2-4-1-5(8)6(9)3-10-4/h12-14,19-24,27-28,33-36H,1-11H2,(H,25,29);4-9H,1-3H2/t12?,13?,14?,19-,20-,21+,22?,23?,24-;/m0./s1. The Bertz CT molecular complexity index is 1100. The van der Waals surface area contributed by atoms with Crippen molar-refractivity contribution in [1.82, 2.24) is 10.4 Å². The van der Waals surface area contributed by atoms with Crippen molar-refractivity contribution >= 4 is 23.7 Å². The first-order valence-corrected chi connectivity index (χ1v) is 16.7. The van der Waals surface area contributed by atoms with Crippen LogP contribution in [0.25, 0.3) is 0 Å². The van der Waals surface area contributed by atoms with Crippen LogP contribution < -0.4 is 5.32 Å². The summed E-state index contributed by atoms with van der Waals surface area (Å²) in [7, 11) is 0. The van der Waals surface area contributed by atoms with Crippen LogP contribution in [0, 0.1) is 0 Å². The summed E-state index contributed by atoms with van der Waals surface area (Å²) in [5.74, 6) is -2.17. The van der Waals surface area contributed by atoms with Gasteiger partial charge in [0.15, 0.2) is 12.6 Å². The van der Waals surface area contributed by atoms with Crippen molar-refractivity contribution in [2.45, 2.75) is 125 Å². The quantitative estimate of drug-likeness (QED) is 0.0552. The summed E-state index contributed by atoms with van der Waals surface area (Å²) in [5, 5.41) is 89.1. The molecule has 4 fully saturated rings. The van der Waals surface area contributed by atoms with Crippen LogP contribution in [0.4, 0.5) is 0 Å². The molecule has 4 heterocycles. The summed E-state index contributed by atoms with van der Waals surface area (Å²) >= 11 is 0. The van der Waals surface area contributed by atoms with E-state index in [2.05, 4.69) is 5.32 Å². The second kappa shape index (κ2) is 21.3. The molecule has 0 spiro atoms. The van der Waals surface area contributed by atoms with Crippen LogP contribution in [0.2, 0.25) is 0 Å². The first kappa shape index (κ1) is 42.9. The zero-order valence-electron chi connectivity index (χ0n) is 27.9. The molecule has 12 atom stereocenters. The van der Waals surface area contributed by atoms with Crippen molar-refractivity contribution in [1.29, 1.82) is 0 Å². The Balaban J connectivity index is 0.000000602. The highest BCUT2D eigenvalue weighted by Crippen LogP contribution is 2.25. The third-order valence-electron chi connectivity index (χ3n) is 8.43. The molecule has 0 aliphatic carbocycles. The molecule has 0 aromatic heterocycles. The van der Waals surface area contributed by atoms with Gasteiger partial charge in [-0.1, -0.05) is 0 Å². The third kappa shape index (κ3) is 13.2. The van der Waals surface area contributed by atoms with Gasteiger partial charge in [0.1, 0.15) is 42.7 Å². The summed E-state index contributed by atoms with van der Waals surface area (Å²) < 4.78 is 26.7. The smallest absolute Gasteiger partial charge is 0.333 e. The van der Waals surface area contributed by atoms with Crippen LogP contribution in [0.15, 0.2) is 0 Å². The average Bonchev–Trinajstić information content (AvgIpc) is 3.42. The summed E-state index contributed by atoms with van der Waals surface area (Å²) in [6, 6.07) is 0. The summed E-state index contributed by atoms with van der Waals surface area (Å²) in [4.78, 5) is 51.4. The van der Waals surface area contributed by atoms with Crippen molar-refractivity contribution in [3.05, 3.63) is 0 Å². The fraction of sp³-hybridized carbons (Fsp3) is 0.867. The van der Waals surface area contributed by atoms with Gasteiger partial charge < -0.3 is 79.8 Å². The monoisotopic (exact) mass is 742 g/mol. The number of unbranched alkanes of at least 4 members (excludes halogenated alkanes) is 1. The van der Waals surface area contributed by atoms with E-state index in [0.717, 1.165) is 0 Å². The Morgan fingerprint density at radius 3 is 2.10 bits per heavy atom. The fourth-order valence-electron chi connectivity index (χ4n) is 5.35. The summed E-state index contributed by atoms with van der Waals surface area (Å²) in [6.45, 7) is -0.904. The first-order chi connectivity index (χ1) is 24.2. The number of aliphatic hydroxyl groups excluding tert-OH is 9. The highest BCUT2D eigenvalue weighted by Gasteiger charge is 2.45. The minimum atomic E-state index is -1.64. The Labute approximate surface area is 292 Å². The number of carbonyl (C=O) groups excluding carboxylic acids is 4. The molecule has 4 rings (SSSR count). The number of hydrogen-bond donors (Lipinski definition) is 10. The molecule has 10 N–H and O–H groups in total. The molecule has 3 amide bonds. The van der Waals surface area contributed by atoms with E-state index in [0.29, 0.717) is 24.3 Å². The molecule has 21 nitrogen and oxygen atoms in total. The topological polar surface area (TPSA) is 321 Å². The van der Waals surface area contributed by atoms with E-state index in [4.69, 9.17) is 43.8 Å². The molecule has 294 valence electrons. The van der Waals surface area contributed by atoms with Crippen LogP contribution in [-0.4, -0.2) is 188 Å². The Morgan fingerprint density at radius 2 is 1.45 bits per heavy atom. The van der Waals surface area contributed by atoms with Crippen LogP contribution in [-0.2, 0) is 47.7 Å². The fourth-order valence-corrected chi connectivity index (χ4v) is 5.35. The zero-order chi connectivity index (χ0) is 37.7. The van der Waals surface area contributed by atoms with E-state index in [-0.39, 0.29) is 70.5 Å². The third-order valence-corrected chi connectivity index (χ3v) is 8.43. The lowest BCUT2D eigenvalue weighted by molar-refractivity contribution is -0.318. The molecule has 4 aliphatic heterocycles. The van der Waals surface area contributed by atoms with E-state index in [1.807, 2.05) is 0 Å². The van der Waals surface area contributed by atoms with Gasteiger partial charge in [-0.15, -0.1) is 5.06 Å². The minimum Gasteiger partial charge on any atom is -0.394 e. The minimum absolute atomic E-state index is 0.00370. The summed E-state index contributed by atoms with van der Waals surface area (Å²) in [6.07, 6.45) is -13.0. The van der Waals surface area contributed by atoms with Crippen molar-refractivity contribution in [3.8, 4) is 0 Å². The molecule has 0 saturated carbocycles. The zero-order valence-corrected chi connectivity index (χ0v) is 27.9. The SMILES string of the molecule is O=C(CCCCC(=O)ON1C(=O)CCC1=O)NCCO[C@@H]1CC(O)[C@H](O)C(CO[C@H]2OC(CO)[C@@H](O)C(O)C2O)O1.OCC1CC(O)C(O)CO1. The molecule has 8 unspecified atom stereocenters. The average molecular weight is 743 g/mol. The van der Waals surface area contributed by atoms with Crippen LogP contribution in [0.3, 0.4) is 0 Å². The van der Waals surface area contributed by atoms with Crippen molar-refractivity contribution < 1.29 is 93.7 Å². The second-order valence-corrected chi connectivity index (χ2v) is 12.4. The van der Waals surface area contributed by atoms with Crippen LogP contribution in [0.1, 0.15) is 51.4 Å². The van der Waals surface area contributed by atoms with E-state index < -0.39 is 98.5 Å². The predicted molar refractivity (Wildman–Crippen MR) is 163 cm³/mol. The number of aliphatic hydroxyl groups is 9. The van der Waals surface area contributed by atoms with Gasteiger partial charge in [-0.2, -0.15) is 0 Å². The maximum Gasteiger partial charge on any atom is 0.333 e. The van der Waals surface area contributed by atoms with Crippen LogP contribution in [0.5, 0.6) is 0 Å². The summed E-state index contributed by atoms with van der Waals surface area (Å²) in [5.41, 5.74) is 0. The number of rotatable bonds is 15. The lowest BCUT2D eigenvalue weighted by atomic mass is 9.99. The highest BCUT2D eigenvalue weighted by molar-refractivity contribution is 6.01. The lowest BCUT2D eigenvalue weighted by Gasteiger charge is -2.41. The van der Waals surface area contributed by atoms with Crippen molar-refractivity contribution in [3.63, 3.8) is 0 Å². The van der Waals surface area contributed by atoms with Crippen molar-refractivity contribution in [2.75, 3.05) is 39.6 Å². The predicted octanol–water partition coefficient (Wildman–Crippen LogP) is -5.57. The second-order valence-electron chi connectivity index (χ2n) is 12.4. The van der Waals surface area contributed by atoms with Crippen molar-refractivity contribution in [2.24, 2.45) is 0 Å². The number of ether oxygens (including phenoxy) is 5. The van der Waals surface area contributed by atoms with E-state index >= 15 is 0 Å². The Morgan fingerprint density at radius 1 is 0.765 bits per heavy atom. The van der Waals surface area contributed by atoms with Gasteiger partial charge in [0.25, 0.3) is 11.8 Å². The number of hydrogen-bond acceptors (Lipinski definition) is 19. The van der Waals surface area contributed by atoms with E-state index in [1.54, 1.807) is 0 Å². The highest BCUT2D eigenvalue weighted by atomic mass is 16.7. The number of hydroxylamine groups is 2. The molecule has 4 saturated heterocycles. The maximum atomic E-state index is 12.0. The molecule has 0 aromatic rings. The molecule has 51 heavy (non-hydrogen) atoms. The lowest BCUT2D eigenvalue weighted by Crippen LogP contribution is -2.60. The maximum absolute atomic E-state index is 12.0. The molecule has 4 aliphatic rings. The molecule has 21 heteroatoms. The largest absolute Gasteiger partial charge is 0.394 e. The number of amides is 3. The Kier molecular flexibility index (Phi) is 17.9. The van der Waals surface area contributed by atoms with Gasteiger partial charge in [-0.25, -0.2) is 4.79 Å². The molecule has 0 aromatic carbocycles. The molecular formula is C30H50N2O19. The molecule has 0 radical (unpaired) electrons. The molecular weight excluding hydrogens is 692 g/mol. The number of nitrogens with one attached hydrogen (secondary N) is 1. The van der Waals surface area contributed by atoms with Gasteiger partial charge in [0.2, 0.25) is 5.91 Å². The van der Waals surface area contributed by atoms with Gasteiger partial charge in [-0.3, -0.25) is 14.4 Å².